The van der Waals surface area contributed by atoms with Gasteiger partial charge < -0.3 is 14.8 Å². The first-order valence-electron chi connectivity index (χ1n) is 6.05. The first kappa shape index (κ1) is 18.7. The molecule has 0 fully saturated rings. The van der Waals surface area contributed by atoms with Crippen LogP contribution in [0.3, 0.4) is 0 Å². The summed E-state index contributed by atoms with van der Waals surface area (Å²) in [5.74, 6) is 4.75. The van der Waals surface area contributed by atoms with E-state index in [1.165, 1.54) is 0 Å². The molecule has 0 aromatic rings. The summed E-state index contributed by atoms with van der Waals surface area (Å²) < 4.78 is 39.3. The third-order valence-electron chi connectivity index (χ3n) is 1.70. The number of hydrogen-bond donors (Lipinski definition) is 2. The van der Waals surface area contributed by atoms with Gasteiger partial charge in [0.2, 0.25) is 0 Å². The van der Waals surface area contributed by atoms with Crippen molar-refractivity contribution in [3.05, 3.63) is 0 Å². The molecule has 0 aromatic carbocycles. The van der Waals surface area contributed by atoms with Crippen molar-refractivity contribution >= 4 is 16.2 Å². The highest BCUT2D eigenvalue weighted by atomic mass is 32.2. The van der Waals surface area contributed by atoms with Crippen molar-refractivity contribution in [2.45, 2.75) is 32.8 Å². The van der Waals surface area contributed by atoms with Crippen molar-refractivity contribution in [2.75, 3.05) is 25.5 Å². The third kappa shape index (κ3) is 14.8. The van der Waals surface area contributed by atoms with Crippen LogP contribution >= 0.6 is 0 Å². The van der Waals surface area contributed by atoms with E-state index in [0.29, 0.717) is 6.54 Å². The summed E-state index contributed by atoms with van der Waals surface area (Å²) in [6.07, 6.45) is -0.460. The quantitative estimate of drug-likeness (QED) is 0.428. The fourth-order valence-electron chi connectivity index (χ4n) is 0.982. The Morgan fingerprint density at radius 1 is 1.30 bits per heavy atom. The number of amides is 1. The molecule has 116 valence electrons. The zero-order chi connectivity index (χ0) is 15.6. The van der Waals surface area contributed by atoms with Crippen LogP contribution in [0.2, 0.25) is 0 Å². The fourth-order valence-corrected chi connectivity index (χ4v) is 1.34. The molecule has 2 N–H and O–H groups in total. The van der Waals surface area contributed by atoms with Crippen LogP contribution in [0, 0.1) is 11.8 Å². The van der Waals surface area contributed by atoms with E-state index in [4.69, 9.17) is 14.0 Å². The molecule has 0 unspecified atom stereocenters. The minimum Gasteiger partial charge on any atom is -0.444 e. The van der Waals surface area contributed by atoms with Gasteiger partial charge in [-0.3, -0.25) is 4.55 Å². The molecular weight excluding hydrogens is 286 g/mol. The lowest BCUT2D eigenvalue weighted by atomic mass is 10.2. The van der Waals surface area contributed by atoms with Crippen molar-refractivity contribution in [2.24, 2.45) is 0 Å². The van der Waals surface area contributed by atoms with Crippen LogP contribution in [0.15, 0.2) is 0 Å². The molecule has 0 radical (unpaired) electrons. The molecule has 0 aliphatic heterocycles. The van der Waals surface area contributed by atoms with E-state index in [9.17, 15) is 13.2 Å². The fraction of sp³-hybridized carbons (Fsp3) is 0.750. The standard InChI is InChI=1S/C12H21NO6S/c1-12(2,3)19-11(14)13-7-9-18-8-5-4-6-10-20(15,16)17/h6-10H2,1-3H3,(H,13,14)(H,15,16,17). The van der Waals surface area contributed by atoms with Crippen LogP contribution in [0.5, 0.6) is 0 Å². The number of hydrogen-bond acceptors (Lipinski definition) is 5. The zero-order valence-corrected chi connectivity index (χ0v) is 12.7. The number of carbonyl (C=O) groups excluding carboxylic acids is 1. The van der Waals surface area contributed by atoms with Crippen LogP contribution < -0.4 is 5.32 Å². The Morgan fingerprint density at radius 3 is 2.50 bits per heavy atom. The largest absolute Gasteiger partial charge is 0.444 e. The van der Waals surface area contributed by atoms with E-state index in [-0.39, 0.29) is 25.4 Å². The normalized spacial score (nSPS) is 11.4. The molecule has 8 heteroatoms. The average Bonchev–Trinajstić information content (AvgIpc) is 2.22. The Labute approximate surface area is 119 Å². The maximum Gasteiger partial charge on any atom is 0.407 e. The van der Waals surface area contributed by atoms with Crippen LogP contribution in [-0.2, 0) is 19.6 Å². The van der Waals surface area contributed by atoms with E-state index < -0.39 is 21.8 Å². The molecule has 0 saturated heterocycles. The van der Waals surface area contributed by atoms with E-state index in [1.807, 2.05) is 0 Å². The van der Waals surface area contributed by atoms with Gasteiger partial charge in [-0.1, -0.05) is 11.8 Å². The maximum absolute atomic E-state index is 11.2. The van der Waals surface area contributed by atoms with Gasteiger partial charge in [0.1, 0.15) is 12.2 Å². The molecule has 0 aromatic heterocycles. The van der Waals surface area contributed by atoms with Gasteiger partial charge >= 0.3 is 6.09 Å². The second-order valence-electron chi connectivity index (χ2n) is 4.87. The van der Waals surface area contributed by atoms with Crippen molar-refractivity contribution in [3.8, 4) is 11.8 Å². The molecule has 0 bridgehead atoms. The predicted octanol–water partition coefficient (Wildman–Crippen LogP) is 0.809. The molecule has 0 rings (SSSR count). The summed E-state index contributed by atoms with van der Waals surface area (Å²) in [5, 5.41) is 2.51. The summed E-state index contributed by atoms with van der Waals surface area (Å²) in [6, 6.07) is 0. The van der Waals surface area contributed by atoms with Crippen LogP contribution in [0.25, 0.3) is 0 Å². The van der Waals surface area contributed by atoms with Gasteiger partial charge in [-0.05, 0) is 20.8 Å². The van der Waals surface area contributed by atoms with E-state index in [0.717, 1.165) is 0 Å². The lowest BCUT2D eigenvalue weighted by Gasteiger charge is -2.19. The van der Waals surface area contributed by atoms with Crippen molar-refractivity contribution < 1.29 is 27.2 Å². The summed E-state index contributed by atoms with van der Waals surface area (Å²) in [7, 11) is -3.95. The van der Waals surface area contributed by atoms with Crippen LogP contribution in [0.1, 0.15) is 27.2 Å². The minimum atomic E-state index is -3.95. The molecule has 7 nitrogen and oxygen atoms in total. The molecule has 0 aliphatic carbocycles. The lowest BCUT2D eigenvalue weighted by Crippen LogP contribution is -2.34. The van der Waals surface area contributed by atoms with Gasteiger partial charge in [0, 0.05) is 13.0 Å². The van der Waals surface area contributed by atoms with Gasteiger partial charge in [0.15, 0.2) is 0 Å². The molecule has 0 heterocycles. The highest BCUT2D eigenvalue weighted by molar-refractivity contribution is 7.85. The number of rotatable bonds is 6. The Kier molecular flexibility index (Phi) is 8.22. The summed E-state index contributed by atoms with van der Waals surface area (Å²) in [4.78, 5) is 11.2. The Balaban J connectivity index is 3.55. The highest BCUT2D eigenvalue weighted by Gasteiger charge is 2.15. The third-order valence-corrected chi connectivity index (χ3v) is 2.42. The number of nitrogens with one attached hydrogen (secondary N) is 1. The highest BCUT2D eigenvalue weighted by Crippen LogP contribution is 2.05. The number of ether oxygens (including phenoxy) is 2. The number of carbonyl (C=O) groups is 1. The molecular formula is C12H21NO6S. The summed E-state index contributed by atoms with van der Waals surface area (Å²) in [5.41, 5.74) is -0.538. The summed E-state index contributed by atoms with van der Waals surface area (Å²) in [6.45, 7) is 6.00. The second-order valence-corrected chi connectivity index (χ2v) is 6.44. The van der Waals surface area contributed by atoms with Gasteiger partial charge in [-0.2, -0.15) is 8.42 Å². The Hall–Kier alpha value is -1.30. The van der Waals surface area contributed by atoms with E-state index in [1.54, 1.807) is 20.8 Å². The van der Waals surface area contributed by atoms with Gasteiger partial charge in [0.05, 0.1) is 12.4 Å². The molecule has 0 atom stereocenters. The summed E-state index contributed by atoms with van der Waals surface area (Å²) >= 11 is 0. The molecule has 0 aliphatic rings. The first-order chi connectivity index (χ1) is 9.10. The molecule has 0 saturated carbocycles. The SMILES string of the molecule is CC(C)(C)OC(=O)NCCOCC#CCCS(=O)(=O)O. The molecule has 0 spiro atoms. The smallest absolute Gasteiger partial charge is 0.407 e. The first-order valence-corrected chi connectivity index (χ1v) is 7.66. The topological polar surface area (TPSA) is 102 Å². The lowest BCUT2D eigenvalue weighted by molar-refractivity contribution is 0.0507. The number of alkyl carbamates (subject to hydrolysis) is 1. The van der Waals surface area contributed by atoms with Crippen molar-refractivity contribution in [1.29, 1.82) is 0 Å². The Bertz CT molecular complexity index is 455. The van der Waals surface area contributed by atoms with Crippen molar-refractivity contribution in [3.63, 3.8) is 0 Å². The zero-order valence-electron chi connectivity index (χ0n) is 11.9. The Morgan fingerprint density at radius 2 is 1.95 bits per heavy atom. The molecule has 20 heavy (non-hydrogen) atoms. The van der Waals surface area contributed by atoms with Gasteiger partial charge in [0.25, 0.3) is 10.1 Å². The van der Waals surface area contributed by atoms with E-state index in [2.05, 4.69) is 17.2 Å². The second kappa shape index (κ2) is 8.79. The van der Waals surface area contributed by atoms with E-state index >= 15 is 0 Å². The minimum absolute atomic E-state index is 0.0539. The predicted molar refractivity (Wildman–Crippen MR) is 73.9 cm³/mol. The molecule has 1 amide bonds. The monoisotopic (exact) mass is 307 g/mol. The van der Waals surface area contributed by atoms with Gasteiger partial charge in [-0.25, -0.2) is 4.79 Å². The van der Waals surface area contributed by atoms with Crippen molar-refractivity contribution in [1.82, 2.24) is 5.32 Å². The average molecular weight is 307 g/mol. The van der Waals surface area contributed by atoms with Gasteiger partial charge in [-0.15, -0.1) is 0 Å². The van der Waals surface area contributed by atoms with Crippen LogP contribution in [-0.4, -0.2) is 50.2 Å². The van der Waals surface area contributed by atoms with Crippen LogP contribution in [0.4, 0.5) is 4.79 Å². The maximum atomic E-state index is 11.2.